The summed E-state index contributed by atoms with van der Waals surface area (Å²) >= 11 is 0. The summed E-state index contributed by atoms with van der Waals surface area (Å²) in [5.74, 6) is -0.509. The van der Waals surface area contributed by atoms with Crippen LogP contribution in [-0.4, -0.2) is 14.5 Å². The number of aromatic nitrogens is 3. The van der Waals surface area contributed by atoms with Gasteiger partial charge in [-0.3, -0.25) is 4.79 Å². The molecule has 1 aliphatic rings. The minimum atomic E-state index is -2.89. The molecule has 0 saturated heterocycles. The number of benzene rings is 1. The third kappa shape index (κ3) is 3.26. The first-order valence-electron chi connectivity index (χ1n) is 9.43. The molecule has 8 heteroatoms. The Morgan fingerprint density at radius 1 is 1.21 bits per heavy atom. The average Bonchev–Trinajstić information content (AvgIpc) is 3.43. The summed E-state index contributed by atoms with van der Waals surface area (Å²) in [6.07, 6.45) is 2.00. The van der Waals surface area contributed by atoms with Crippen molar-refractivity contribution in [3.63, 3.8) is 0 Å². The van der Waals surface area contributed by atoms with Crippen molar-refractivity contribution in [3.8, 4) is 0 Å². The minimum Gasteiger partial charge on any atom is -0.363 e. The molecule has 1 aromatic carbocycles. The highest BCUT2D eigenvalue weighted by Crippen LogP contribution is 2.42. The number of alkyl halides is 2. The van der Waals surface area contributed by atoms with Crippen LogP contribution < -0.4 is 10.9 Å². The Hall–Kier alpha value is -2.90. The predicted molar refractivity (Wildman–Crippen MR) is 105 cm³/mol. The van der Waals surface area contributed by atoms with Gasteiger partial charge < -0.3 is 9.88 Å². The van der Waals surface area contributed by atoms with Gasteiger partial charge >= 0.3 is 0 Å². The maximum Gasteiger partial charge on any atom is 0.266 e. The van der Waals surface area contributed by atoms with Gasteiger partial charge in [-0.05, 0) is 33.6 Å². The van der Waals surface area contributed by atoms with Crippen LogP contribution in [-0.2, 0) is 5.54 Å². The van der Waals surface area contributed by atoms with E-state index in [0.717, 1.165) is 18.9 Å². The molecule has 0 bridgehead atoms. The summed E-state index contributed by atoms with van der Waals surface area (Å²) in [7, 11) is 0. The van der Waals surface area contributed by atoms with Crippen molar-refractivity contribution in [2.24, 2.45) is 0 Å². The third-order valence-corrected chi connectivity index (χ3v) is 5.71. The first-order chi connectivity index (χ1) is 13.7. The highest BCUT2D eigenvalue weighted by Gasteiger charge is 2.40. The van der Waals surface area contributed by atoms with E-state index in [9.17, 15) is 18.0 Å². The molecule has 29 heavy (non-hydrogen) atoms. The molecule has 2 heterocycles. The number of hydrogen-bond donors (Lipinski definition) is 1. The van der Waals surface area contributed by atoms with Crippen LogP contribution in [0.3, 0.4) is 0 Å². The second-order valence-electron chi connectivity index (χ2n) is 7.83. The normalized spacial score (nSPS) is 16.2. The summed E-state index contributed by atoms with van der Waals surface area (Å²) in [5.41, 5.74) is 0.211. The number of rotatable bonds is 5. The first kappa shape index (κ1) is 19.4. The fourth-order valence-corrected chi connectivity index (χ4v) is 3.58. The smallest absolute Gasteiger partial charge is 0.266 e. The van der Waals surface area contributed by atoms with E-state index in [1.54, 1.807) is 24.6 Å². The summed E-state index contributed by atoms with van der Waals surface area (Å²) in [6.45, 7) is 5.41. The molecule has 0 aliphatic heterocycles. The summed E-state index contributed by atoms with van der Waals surface area (Å²) < 4.78 is 42.3. The fourth-order valence-electron chi connectivity index (χ4n) is 3.58. The van der Waals surface area contributed by atoms with Crippen molar-refractivity contribution in [2.75, 3.05) is 5.32 Å². The lowest BCUT2D eigenvalue weighted by Crippen LogP contribution is -2.29. The Morgan fingerprint density at radius 3 is 2.55 bits per heavy atom. The molecule has 0 radical (unpaired) electrons. The second-order valence-corrected chi connectivity index (χ2v) is 7.83. The number of aryl methyl sites for hydroxylation is 1. The zero-order valence-corrected chi connectivity index (χ0v) is 16.3. The molecular weight excluding hydrogens is 381 g/mol. The molecule has 0 amide bonds. The average molecular weight is 402 g/mol. The standard InChI is InChI=1S/C21H21F3N4O/c1-11-17-15(9-28(20(11)29)21(3)7-8-21)19(26-10-25-17)27-12(2)13-5-4-6-14(16(13)22)18(23)24/h4-6,9-10,12,18H,7-8H2,1-3H3,(H,25,26,27)/t12-/m1/s1. The van der Waals surface area contributed by atoms with Gasteiger partial charge in [0.2, 0.25) is 0 Å². The summed E-state index contributed by atoms with van der Waals surface area (Å²) in [6, 6.07) is 3.33. The van der Waals surface area contributed by atoms with Crippen molar-refractivity contribution in [3.05, 3.63) is 63.6 Å². The molecule has 1 fully saturated rings. The summed E-state index contributed by atoms with van der Waals surface area (Å²) in [5, 5.41) is 3.74. The molecule has 0 unspecified atom stereocenters. The van der Waals surface area contributed by atoms with Gasteiger partial charge in [-0.25, -0.2) is 23.1 Å². The fraction of sp³-hybridized carbons (Fsp3) is 0.381. The minimum absolute atomic E-state index is 0.0918. The Kier molecular flexibility index (Phi) is 4.59. The lowest BCUT2D eigenvalue weighted by atomic mass is 10.0. The van der Waals surface area contributed by atoms with Gasteiger partial charge in [0.1, 0.15) is 18.0 Å². The number of halogens is 3. The van der Waals surface area contributed by atoms with Crippen LogP contribution in [0.15, 0.2) is 35.5 Å². The number of pyridine rings is 1. The van der Waals surface area contributed by atoms with E-state index in [-0.39, 0.29) is 16.7 Å². The molecule has 152 valence electrons. The van der Waals surface area contributed by atoms with Crippen LogP contribution in [0.5, 0.6) is 0 Å². The largest absolute Gasteiger partial charge is 0.363 e. The Balaban J connectivity index is 1.78. The molecule has 1 atom stereocenters. The van der Waals surface area contributed by atoms with Gasteiger partial charge in [0.05, 0.1) is 22.5 Å². The number of nitrogens with zero attached hydrogens (tertiary/aromatic N) is 3. The number of anilines is 1. The van der Waals surface area contributed by atoms with Gasteiger partial charge in [-0.1, -0.05) is 18.2 Å². The molecule has 3 aromatic rings. The number of fused-ring (bicyclic) bond motifs is 1. The number of hydrogen-bond acceptors (Lipinski definition) is 4. The first-order valence-corrected chi connectivity index (χ1v) is 9.43. The second kappa shape index (κ2) is 6.86. The van der Waals surface area contributed by atoms with Gasteiger partial charge in [0.15, 0.2) is 0 Å². The van der Waals surface area contributed by atoms with Crippen molar-refractivity contribution < 1.29 is 13.2 Å². The third-order valence-electron chi connectivity index (χ3n) is 5.71. The monoisotopic (exact) mass is 402 g/mol. The van der Waals surface area contributed by atoms with Crippen LogP contribution in [0.1, 0.15) is 55.8 Å². The van der Waals surface area contributed by atoms with Crippen LogP contribution in [0.2, 0.25) is 0 Å². The zero-order chi connectivity index (χ0) is 20.9. The zero-order valence-electron chi connectivity index (χ0n) is 16.3. The predicted octanol–water partition coefficient (Wildman–Crippen LogP) is 4.86. The highest BCUT2D eigenvalue weighted by molar-refractivity contribution is 5.90. The van der Waals surface area contributed by atoms with Crippen molar-refractivity contribution in [1.82, 2.24) is 14.5 Å². The van der Waals surface area contributed by atoms with E-state index in [1.165, 1.54) is 18.5 Å². The molecule has 2 aromatic heterocycles. The van der Waals surface area contributed by atoms with Crippen molar-refractivity contribution >= 4 is 16.7 Å². The molecule has 5 nitrogen and oxygen atoms in total. The van der Waals surface area contributed by atoms with E-state index in [1.807, 2.05) is 6.92 Å². The van der Waals surface area contributed by atoms with E-state index in [4.69, 9.17) is 0 Å². The highest BCUT2D eigenvalue weighted by atomic mass is 19.3. The lowest BCUT2D eigenvalue weighted by molar-refractivity contribution is 0.146. The maximum absolute atomic E-state index is 14.5. The van der Waals surface area contributed by atoms with Gasteiger partial charge in [-0.2, -0.15) is 0 Å². The topological polar surface area (TPSA) is 59.8 Å². The SMILES string of the molecule is Cc1c(=O)n(C2(C)CC2)cc2c(N[C@H](C)c3cccc(C(F)F)c3F)ncnc12. The van der Waals surface area contributed by atoms with E-state index >= 15 is 0 Å². The van der Waals surface area contributed by atoms with Crippen LogP contribution in [0, 0.1) is 12.7 Å². The Bertz CT molecular complexity index is 1150. The van der Waals surface area contributed by atoms with Gasteiger partial charge in [-0.15, -0.1) is 0 Å². The van der Waals surface area contributed by atoms with Crippen LogP contribution >= 0.6 is 0 Å². The van der Waals surface area contributed by atoms with E-state index in [2.05, 4.69) is 15.3 Å². The van der Waals surface area contributed by atoms with Crippen molar-refractivity contribution in [1.29, 1.82) is 0 Å². The van der Waals surface area contributed by atoms with Crippen molar-refractivity contribution in [2.45, 2.75) is 51.6 Å². The lowest BCUT2D eigenvalue weighted by Gasteiger charge is -2.20. The number of nitrogens with one attached hydrogen (secondary N) is 1. The van der Waals surface area contributed by atoms with E-state index in [0.29, 0.717) is 22.3 Å². The molecule has 0 spiro atoms. The quantitative estimate of drug-likeness (QED) is 0.662. The molecule has 1 saturated carbocycles. The van der Waals surface area contributed by atoms with Crippen LogP contribution in [0.4, 0.5) is 19.0 Å². The van der Waals surface area contributed by atoms with E-state index < -0.39 is 23.8 Å². The molecule has 1 aliphatic carbocycles. The van der Waals surface area contributed by atoms with Gasteiger partial charge in [0, 0.05) is 22.9 Å². The maximum atomic E-state index is 14.5. The Morgan fingerprint density at radius 2 is 1.90 bits per heavy atom. The van der Waals surface area contributed by atoms with Crippen LogP contribution in [0.25, 0.3) is 10.9 Å². The van der Waals surface area contributed by atoms with Gasteiger partial charge in [0.25, 0.3) is 12.0 Å². The Labute approximate surface area is 165 Å². The summed E-state index contributed by atoms with van der Waals surface area (Å²) in [4.78, 5) is 21.2. The molecule has 1 N–H and O–H groups in total. The molecule has 4 rings (SSSR count). The molecular formula is C21H21F3N4O.